The van der Waals surface area contributed by atoms with Crippen LogP contribution in [0.3, 0.4) is 0 Å². The van der Waals surface area contributed by atoms with E-state index in [2.05, 4.69) is 45.3 Å². The van der Waals surface area contributed by atoms with Gasteiger partial charge in [-0.05, 0) is 36.5 Å². The number of aromatic amines is 1. The highest BCUT2D eigenvalue weighted by molar-refractivity contribution is 9.10. The highest BCUT2D eigenvalue weighted by Gasteiger charge is 2.33. The molecule has 0 spiro atoms. The molecule has 1 aliphatic heterocycles. The molecule has 24 heavy (non-hydrogen) atoms. The van der Waals surface area contributed by atoms with Crippen LogP contribution in [0.1, 0.15) is 32.3 Å². The molecular formula is C18H22BrN3O2. The van der Waals surface area contributed by atoms with Crippen molar-refractivity contribution in [1.82, 2.24) is 10.2 Å². The van der Waals surface area contributed by atoms with Crippen molar-refractivity contribution in [1.29, 1.82) is 0 Å². The summed E-state index contributed by atoms with van der Waals surface area (Å²) in [4.78, 5) is 12.5. The molecule has 0 unspecified atom stereocenters. The number of ether oxygens (including phenoxy) is 1. The van der Waals surface area contributed by atoms with Crippen molar-refractivity contribution in [3.05, 3.63) is 34.3 Å². The van der Waals surface area contributed by atoms with Gasteiger partial charge >= 0.3 is 0 Å². The number of carbonyl (C=O) groups is 1. The molecule has 1 aliphatic rings. The van der Waals surface area contributed by atoms with Gasteiger partial charge in [0.2, 0.25) is 0 Å². The maximum atomic E-state index is 12.5. The molecule has 128 valence electrons. The average molecular weight is 392 g/mol. The normalized spacial score (nSPS) is 20.3. The number of nitrogens with zero attached hydrogens (tertiary/aromatic N) is 1. The molecule has 6 heteroatoms. The van der Waals surface area contributed by atoms with Crippen LogP contribution in [0, 0.1) is 5.92 Å². The summed E-state index contributed by atoms with van der Waals surface area (Å²) in [6, 6.07) is 8.03. The van der Waals surface area contributed by atoms with E-state index in [1.165, 1.54) is 0 Å². The molecule has 2 atom stereocenters. The predicted molar refractivity (Wildman–Crippen MR) is 97.9 cm³/mol. The zero-order valence-corrected chi connectivity index (χ0v) is 15.5. The first-order chi connectivity index (χ1) is 11.6. The second-order valence-electron chi connectivity index (χ2n) is 6.02. The van der Waals surface area contributed by atoms with E-state index in [1.54, 1.807) is 0 Å². The van der Waals surface area contributed by atoms with Crippen LogP contribution in [0.2, 0.25) is 0 Å². The van der Waals surface area contributed by atoms with E-state index in [4.69, 9.17) is 4.74 Å². The largest absolute Gasteiger partial charge is 0.368 e. The summed E-state index contributed by atoms with van der Waals surface area (Å²) in [7, 11) is 0. The van der Waals surface area contributed by atoms with Gasteiger partial charge in [0.05, 0.1) is 5.69 Å². The number of benzene rings is 1. The number of H-pyrrole nitrogens is 1. The highest BCUT2D eigenvalue weighted by atomic mass is 79.9. The van der Waals surface area contributed by atoms with Gasteiger partial charge in [0.1, 0.15) is 6.10 Å². The Bertz CT molecular complexity index is 712. The molecule has 2 N–H and O–H groups in total. The summed E-state index contributed by atoms with van der Waals surface area (Å²) in [5, 5.41) is 10.3. The molecule has 5 nitrogen and oxygen atoms in total. The third-order valence-corrected chi connectivity index (χ3v) is 5.12. The summed E-state index contributed by atoms with van der Waals surface area (Å²) in [5.41, 5.74) is 3.00. The van der Waals surface area contributed by atoms with Crippen LogP contribution in [-0.2, 0) is 16.0 Å². The number of aromatic nitrogens is 2. The first-order valence-electron chi connectivity index (χ1n) is 8.39. The minimum atomic E-state index is -0.368. The molecule has 0 radical (unpaired) electrons. The number of carbonyl (C=O) groups excluding carboxylic acids is 1. The van der Waals surface area contributed by atoms with Crippen molar-refractivity contribution in [3.8, 4) is 11.3 Å². The maximum Gasteiger partial charge on any atom is 0.254 e. The van der Waals surface area contributed by atoms with E-state index in [0.29, 0.717) is 18.3 Å². The molecule has 1 aromatic carbocycles. The van der Waals surface area contributed by atoms with Crippen molar-refractivity contribution in [2.45, 2.75) is 39.2 Å². The molecule has 2 heterocycles. The quantitative estimate of drug-likeness (QED) is 0.803. The van der Waals surface area contributed by atoms with Gasteiger partial charge in [-0.1, -0.05) is 48.3 Å². The van der Waals surface area contributed by atoms with E-state index >= 15 is 0 Å². The van der Waals surface area contributed by atoms with Crippen molar-refractivity contribution in [2.24, 2.45) is 5.92 Å². The number of hydrogen-bond donors (Lipinski definition) is 2. The number of amides is 1. The van der Waals surface area contributed by atoms with Crippen LogP contribution < -0.4 is 5.32 Å². The topological polar surface area (TPSA) is 67.0 Å². The minimum absolute atomic E-state index is 0.0945. The molecule has 1 amide bonds. The second-order valence-corrected chi connectivity index (χ2v) is 6.94. The SMILES string of the molecule is CCc1c(NC(=O)[C@H]2OCC[C@H]2CC)n[nH]c1-c1ccc(Br)cc1. The van der Waals surface area contributed by atoms with E-state index in [9.17, 15) is 4.79 Å². The molecule has 1 saturated heterocycles. The van der Waals surface area contributed by atoms with Crippen LogP contribution in [0.25, 0.3) is 11.3 Å². The Balaban J connectivity index is 1.82. The second kappa shape index (κ2) is 7.49. The van der Waals surface area contributed by atoms with Gasteiger partial charge in [0.25, 0.3) is 5.91 Å². The van der Waals surface area contributed by atoms with Crippen LogP contribution in [0.5, 0.6) is 0 Å². The Morgan fingerprint density at radius 2 is 2.12 bits per heavy atom. The molecular weight excluding hydrogens is 370 g/mol. The molecule has 1 fully saturated rings. The van der Waals surface area contributed by atoms with Crippen LogP contribution in [-0.4, -0.2) is 28.8 Å². The van der Waals surface area contributed by atoms with E-state index < -0.39 is 0 Å². The summed E-state index contributed by atoms with van der Waals surface area (Å²) in [6.45, 7) is 4.81. The van der Waals surface area contributed by atoms with Crippen molar-refractivity contribution in [2.75, 3.05) is 11.9 Å². The Morgan fingerprint density at radius 1 is 1.38 bits per heavy atom. The fourth-order valence-electron chi connectivity index (χ4n) is 3.20. The van der Waals surface area contributed by atoms with Gasteiger partial charge in [0, 0.05) is 16.6 Å². The van der Waals surface area contributed by atoms with Gasteiger partial charge in [-0.3, -0.25) is 9.89 Å². The molecule has 3 rings (SSSR count). The lowest BCUT2D eigenvalue weighted by molar-refractivity contribution is -0.126. The monoisotopic (exact) mass is 391 g/mol. The number of nitrogens with one attached hydrogen (secondary N) is 2. The maximum absolute atomic E-state index is 12.5. The van der Waals surface area contributed by atoms with Gasteiger partial charge in [-0.2, -0.15) is 5.10 Å². The fraction of sp³-hybridized carbons (Fsp3) is 0.444. The average Bonchev–Trinajstić information content (AvgIpc) is 3.21. The third kappa shape index (κ3) is 3.39. The first kappa shape index (κ1) is 17.2. The molecule has 0 bridgehead atoms. The lowest BCUT2D eigenvalue weighted by Crippen LogP contribution is -2.32. The van der Waals surface area contributed by atoms with Gasteiger partial charge in [-0.25, -0.2) is 0 Å². The summed E-state index contributed by atoms with van der Waals surface area (Å²) in [6.07, 6.45) is 2.30. The summed E-state index contributed by atoms with van der Waals surface area (Å²) >= 11 is 3.44. The van der Waals surface area contributed by atoms with Gasteiger partial charge < -0.3 is 10.1 Å². The smallest absolute Gasteiger partial charge is 0.254 e. The Kier molecular flexibility index (Phi) is 5.36. The number of anilines is 1. The van der Waals surface area contributed by atoms with Crippen molar-refractivity contribution < 1.29 is 9.53 Å². The first-order valence-corrected chi connectivity index (χ1v) is 9.19. The highest BCUT2D eigenvalue weighted by Crippen LogP contribution is 2.30. The number of hydrogen-bond acceptors (Lipinski definition) is 3. The van der Waals surface area contributed by atoms with E-state index in [0.717, 1.165) is 40.6 Å². The van der Waals surface area contributed by atoms with E-state index in [-0.39, 0.29) is 12.0 Å². The van der Waals surface area contributed by atoms with Crippen molar-refractivity contribution in [3.63, 3.8) is 0 Å². The summed E-state index contributed by atoms with van der Waals surface area (Å²) < 4.78 is 6.64. The molecule has 1 aromatic heterocycles. The Labute approximate surface area is 150 Å². The fourth-order valence-corrected chi connectivity index (χ4v) is 3.46. The number of halogens is 1. The molecule has 2 aromatic rings. The predicted octanol–water partition coefficient (Wildman–Crippen LogP) is 4.16. The Morgan fingerprint density at radius 3 is 2.79 bits per heavy atom. The van der Waals surface area contributed by atoms with Gasteiger partial charge in [0.15, 0.2) is 5.82 Å². The number of rotatable bonds is 5. The Hall–Kier alpha value is -1.66. The van der Waals surface area contributed by atoms with Crippen LogP contribution in [0.4, 0.5) is 5.82 Å². The third-order valence-electron chi connectivity index (χ3n) is 4.59. The zero-order valence-electron chi connectivity index (χ0n) is 13.9. The summed E-state index contributed by atoms with van der Waals surface area (Å²) in [5.74, 6) is 0.800. The standard InChI is InChI=1S/C18H22BrN3O2/c1-3-11-9-10-24-16(11)18(23)20-17-14(4-2)15(21-22-17)12-5-7-13(19)8-6-12/h5-8,11,16H,3-4,9-10H2,1-2H3,(H2,20,21,22,23)/t11-,16+/m1/s1. The van der Waals surface area contributed by atoms with Crippen molar-refractivity contribution >= 4 is 27.7 Å². The molecule has 0 saturated carbocycles. The lowest BCUT2D eigenvalue weighted by atomic mass is 9.98. The lowest BCUT2D eigenvalue weighted by Gasteiger charge is -2.16. The van der Waals surface area contributed by atoms with E-state index in [1.807, 2.05) is 24.3 Å². The zero-order chi connectivity index (χ0) is 17.1. The minimum Gasteiger partial charge on any atom is -0.368 e. The van der Waals surface area contributed by atoms with Gasteiger partial charge in [-0.15, -0.1) is 0 Å². The molecule has 0 aliphatic carbocycles. The van der Waals surface area contributed by atoms with Crippen LogP contribution in [0.15, 0.2) is 28.7 Å². The van der Waals surface area contributed by atoms with Crippen LogP contribution >= 0.6 is 15.9 Å².